The van der Waals surface area contributed by atoms with Crippen LogP contribution in [0.4, 0.5) is 13.6 Å². The molecule has 1 aliphatic rings. The molecular formula is C17H31F2NO5. The number of amides is 1. The van der Waals surface area contributed by atoms with Crippen LogP contribution in [-0.2, 0) is 14.3 Å². The number of carbonyl (C=O) groups is 2. The van der Waals surface area contributed by atoms with Crippen molar-refractivity contribution in [2.75, 3.05) is 20.2 Å². The summed E-state index contributed by atoms with van der Waals surface area (Å²) < 4.78 is 35.3. The second-order valence-corrected chi connectivity index (χ2v) is 7.25. The summed E-state index contributed by atoms with van der Waals surface area (Å²) in [5.41, 5.74) is -1.03. The van der Waals surface area contributed by atoms with Crippen LogP contribution in [-0.4, -0.2) is 59.4 Å². The fourth-order valence-corrected chi connectivity index (χ4v) is 1.56. The van der Waals surface area contributed by atoms with Gasteiger partial charge in [0.2, 0.25) is 0 Å². The van der Waals surface area contributed by atoms with Crippen molar-refractivity contribution in [2.45, 2.75) is 65.1 Å². The summed E-state index contributed by atoms with van der Waals surface area (Å²) in [7, 11) is 1.00. The van der Waals surface area contributed by atoms with E-state index in [1.165, 1.54) is 0 Å². The van der Waals surface area contributed by atoms with Gasteiger partial charge in [0.1, 0.15) is 11.2 Å². The van der Waals surface area contributed by atoms with Crippen LogP contribution in [0.25, 0.3) is 0 Å². The maximum Gasteiger partial charge on any atom is 0.410 e. The zero-order chi connectivity index (χ0) is 20.5. The fourth-order valence-electron chi connectivity index (χ4n) is 1.56. The molecule has 1 N–H and O–H groups in total. The first kappa shape index (κ1) is 25.5. The van der Waals surface area contributed by atoms with Crippen molar-refractivity contribution < 1.29 is 33.0 Å². The highest BCUT2D eigenvalue weighted by molar-refractivity contribution is 5.81. The third-order valence-electron chi connectivity index (χ3n) is 2.39. The molecule has 1 rings (SSSR count). The molecular weight excluding hydrogens is 336 g/mol. The molecule has 8 heteroatoms. The molecule has 6 nitrogen and oxygen atoms in total. The van der Waals surface area contributed by atoms with E-state index < -0.39 is 29.8 Å². The molecule has 1 fully saturated rings. The first-order chi connectivity index (χ1) is 11.2. The molecule has 0 bridgehead atoms. The number of nitrogens with zero attached hydrogens (tertiary/aromatic N) is 1. The lowest BCUT2D eigenvalue weighted by Gasteiger charge is -2.24. The number of likely N-dealkylation sites (tertiary alicyclic amines) is 1. The van der Waals surface area contributed by atoms with Crippen molar-refractivity contribution in [2.24, 2.45) is 0 Å². The first-order valence-corrected chi connectivity index (χ1v) is 7.81. The summed E-state index contributed by atoms with van der Waals surface area (Å²) in [6.45, 7) is 13.4. The van der Waals surface area contributed by atoms with Gasteiger partial charge in [-0.3, -0.25) is 0 Å². The summed E-state index contributed by atoms with van der Waals surface area (Å²) in [6.07, 6.45) is 0.229. The number of halogens is 2. The highest BCUT2D eigenvalue weighted by Gasteiger charge is 2.41. The van der Waals surface area contributed by atoms with Gasteiger partial charge in [-0.15, -0.1) is 0 Å². The van der Waals surface area contributed by atoms with Crippen LogP contribution in [0.1, 0.15) is 48.0 Å². The molecule has 1 heterocycles. The van der Waals surface area contributed by atoms with Crippen LogP contribution in [0, 0.1) is 0 Å². The molecule has 0 aromatic carbocycles. The second kappa shape index (κ2) is 10.3. The Bertz CT molecular complexity index is 439. The maximum atomic E-state index is 12.7. The van der Waals surface area contributed by atoms with Crippen LogP contribution in [0.5, 0.6) is 0 Å². The molecule has 0 spiro atoms. The quantitative estimate of drug-likeness (QED) is 0.568. The topological polar surface area (TPSA) is 76.1 Å². The van der Waals surface area contributed by atoms with E-state index in [0.29, 0.717) is 0 Å². The minimum atomic E-state index is -2.75. The second-order valence-electron chi connectivity index (χ2n) is 7.25. The monoisotopic (exact) mass is 367 g/mol. The minimum Gasteiger partial charge on any atom is -0.457 e. The van der Waals surface area contributed by atoms with Crippen molar-refractivity contribution in [3.05, 3.63) is 12.7 Å². The van der Waals surface area contributed by atoms with Gasteiger partial charge in [0.05, 0.1) is 6.54 Å². The normalized spacial score (nSPS) is 15.8. The molecule has 1 aliphatic heterocycles. The molecule has 0 unspecified atom stereocenters. The van der Waals surface area contributed by atoms with Crippen LogP contribution in [0.3, 0.4) is 0 Å². The van der Waals surface area contributed by atoms with E-state index in [4.69, 9.17) is 14.6 Å². The smallest absolute Gasteiger partial charge is 0.410 e. The largest absolute Gasteiger partial charge is 0.457 e. The summed E-state index contributed by atoms with van der Waals surface area (Å²) in [5.74, 6) is -3.13. The van der Waals surface area contributed by atoms with E-state index in [9.17, 15) is 18.4 Å². The fraction of sp³-hybridized carbons (Fsp3) is 0.765. The lowest BCUT2D eigenvalue weighted by Crippen LogP contribution is -2.36. The van der Waals surface area contributed by atoms with Crippen molar-refractivity contribution in [1.82, 2.24) is 4.90 Å². The third-order valence-corrected chi connectivity index (χ3v) is 2.39. The number of ether oxygens (including phenoxy) is 2. The Morgan fingerprint density at radius 2 is 1.52 bits per heavy atom. The molecule has 0 atom stereocenters. The number of rotatable bonds is 1. The van der Waals surface area contributed by atoms with Gasteiger partial charge < -0.3 is 19.5 Å². The van der Waals surface area contributed by atoms with Crippen molar-refractivity contribution in [3.8, 4) is 0 Å². The Hall–Kier alpha value is -1.70. The van der Waals surface area contributed by atoms with E-state index in [2.05, 4.69) is 6.58 Å². The average molecular weight is 367 g/mol. The van der Waals surface area contributed by atoms with Crippen molar-refractivity contribution in [1.29, 1.82) is 0 Å². The molecule has 25 heavy (non-hydrogen) atoms. The van der Waals surface area contributed by atoms with Gasteiger partial charge in [-0.2, -0.15) is 0 Å². The molecule has 0 aromatic heterocycles. The number of alkyl halides is 2. The molecule has 0 aliphatic carbocycles. The SMILES string of the molecule is C=CC(=O)OC(C)(C)C.CC(C)(C)OC(=O)N1CCC(F)(F)C1.CO. The van der Waals surface area contributed by atoms with Gasteiger partial charge in [-0.1, -0.05) is 6.58 Å². The van der Waals surface area contributed by atoms with Crippen molar-refractivity contribution >= 4 is 12.1 Å². The zero-order valence-electron chi connectivity index (χ0n) is 16.2. The molecule has 0 saturated carbocycles. The van der Waals surface area contributed by atoms with Gasteiger partial charge in [0.15, 0.2) is 0 Å². The molecule has 1 amide bonds. The molecule has 0 radical (unpaired) electrons. The summed E-state index contributed by atoms with van der Waals surface area (Å²) in [6, 6.07) is 0. The maximum absolute atomic E-state index is 12.7. The lowest BCUT2D eigenvalue weighted by atomic mass is 10.2. The number of aliphatic hydroxyl groups excluding tert-OH is 1. The van der Waals surface area contributed by atoms with E-state index in [1.54, 1.807) is 20.8 Å². The standard InChI is InChI=1S/C9H15F2NO2.C7H12O2.CH4O/c1-8(2,3)14-7(13)12-5-4-9(10,11)6-12;1-5-6(8)9-7(2,3)4;1-2/h4-6H2,1-3H3;5H,1H2,2-4H3;2H,1H3. The van der Waals surface area contributed by atoms with Crippen LogP contribution < -0.4 is 0 Å². The highest BCUT2D eigenvalue weighted by atomic mass is 19.3. The van der Waals surface area contributed by atoms with Gasteiger partial charge in [0.25, 0.3) is 5.92 Å². The predicted molar refractivity (Wildman–Crippen MR) is 91.6 cm³/mol. The van der Waals surface area contributed by atoms with E-state index in [1.807, 2.05) is 20.8 Å². The van der Waals surface area contributed by atoms with Gasteiger partial charge in [-0.25, -0.2) is 18.4 Å². The minimum absolute atomic E-state index is 0.0713. The first-order valence-electron chi connectivity index (χ1n) is 7.81. The number of aliphatic hydroxyl groups is 1. The Balaban J connectivity index is 0. The van der Waals surface area contributed by atoms with Crippen LogP contribution in [0.15, 0.2) is 12.7 Å². The van der Waals surface area contributed by atoms with Gasteiger partial charge >= 0.3 is 12.1 Å². The van der Waals surface area contributed by atoms with Crippen LogP contribution >= 0.6 is 0 Å². The Labute approximate surface area is 148 Å². The number of carbonyl (C=O) groups excluding carboxylic acids is 2. The predicted octanol–water partition coefficient (Wildman–Crippen LogP) is 3.39. The van der Waals surface area contributed by atoms with Crippen LogP contribution in [0.2, 0.25) is 0 Å². The number of esters is 1. The summed E-state index contributed by atoms with van der Waals surface area (Å²) in [5, 5.41) is 7.00. The Morgan fingerprint density at radius 1 is 1.08 bits per heavy atom. The molecule has 148 valence electrons. The Morgan fingerprint density at radius 3 is 1.76 bits per heavy atom. The molecule has 1 saturated heterocycles. The van der Waals surface area contributed by atoms with E-state index in [-0.39, 0.29) is 18.9 Å². The number of hydrogen-bond donors (Lipinski definition) is 1. The Kier molecular flexibility index (Phi) is 10.5. The molecule has 0 aromatic rings. The van der Waals surface area contributed by atoms with E-state index in [0.717, 1.165) is 18.1 Å². The zero-order valence-corrected chi connectivity index (χ0v) is 16.2. The van der Waals surface area contributed by atoms with Gasteiger partial charge in [0, 0.05) is 26.2 Å². The summed E-state index contributed by atoms with van der Waals surface area (Å²) >= 11 is 0. The summed E-state index contributed by atoms with van der Waals surface area (Å²) in [4.78, 5) is 22.9. The van der Waals surface area contributed by atoms with E-state index >= 15 is 0 Å². The average Bonchev–Trinajstić information content (AvgIpc) is 2.78. The highest BCUT2D eigenvalue weighted by Crippen LogP contribution is 2.27. The van der Waals surface area contributed by atoms with Crippen molar-refractivity contribution in [3.63, 3.8) is 0 Å². The lowest BCUT2D eigenvalue weighted by molar-refractivity contribution is -0.148. The van der Waals surface area contributed by atoms with Gasteiger partial charge in [-0.05, 0) is 41.5 Å². The number of hydrogen-bond acceptors (Lipinski definition) is 5. The third kappa shape index (κ3) is 14.4.